The minimum absolute atomic E-state index is 0.0223. The normalized spacial score (nSPS) is 26.2. The number of likely N-dealkylation sites (N-methyl/N-ethyl adjacent to an activating group) is 1. The zero-order valence-corrected chi connectivity index (χ0v) is 11.8. The van der Waals surface area contributed by atoms with Gasteiger partial charge in [0.25, 0.3) is 5.91 Å². The van der Waals surface area contributed by atoms with Crippen LogP contribution in [-0.4, -0.2) is 31.2 Å². The number of amides is 1. The average Bonchev–Trinajstić information content (AvgIpc) is 2.41. The van der Waals surface area contributed by atoms with E-state index < -0.39 is 0 Å². The van der Waals surface area contributed by atoms with E-state index in [1.807, 2.05) is 12.1 Å². The molecule has 1 fully saturated rings. The standard InChI is InChI=1S/C14H18ClN3O/c1-2-18-12-5-4-10(15)8-11(12)13(19)17-14(18)6-3-7-16-9-14/h4-5,8,16H,2-3,6-7,9H2,1H3,(H,17,19). The Bertz CT molecular complexity index is 511. The summed E-state index contributed by atoms with van der Waals surface area (Å²) in [5.74, 6) is -0.0223. The van der Waals surface area contributed by atoms with E-state index in [0.717, 1.165) is 38.2 Å². The lowest BCUT2D eigenvalue weighted by Gasteiger charge is -2.51. The molecule has 102 valence electrons. The maximum atomic E-state index is 12.3. The van der Waals surface area contributed by atoms with Crippen molar-refractivity contribution in [3.63, 3.8) is 0 Å². The number of benzene rings is 1. The van der Waals surface area contributed by atoms with E-state index in [0.29, 0.717) is 10.6 Å². The number of carbonyl (C=O) groups is 1. The lowest BCUT2D eigenvalue weighted by molar-refractivity contribution is 0.0857. The van der Waals surface area contributed by atoms with Crippen molar-refractivity contribution in [1.29, 1.82) is 0 Å². The number of fused-ring (bicyclic) bond motifs is 1. The highest BCUT2D eigenvalue weighted by molar-refractivity contribution is 6.31. The maximum Gasteiger partial charge on any atom is 0.255 e. The van der Waals surface area contributed by atoms with Gasteiger partial charge in [-0.05, 0) is 44.5 Å². The van der Waals surface area contributed by atoms with E-state index in [-0.39, 0.29) is 11.6 Å². The zero-order chi connectivity index (χ0) is 13.5. The summed E-state index contributed by atoms with van der Waals surface area (Å²) < 4.78 is 0. The van der Waals surface area contributed by atoms with Crippen molar-refractivity contribution in [2.45, 2.75) is 25.4 Å². The lowest BCUT2D eigenvalue weighted by atomic mass is 9.92. The molecule has 2 aliphatic rings. The second-order valence-corrected chi connectivity index (χ2v) is 5.61. The largest absolute Gasteiger partial charge is 0.347 e. The summed E-state index contributed by atoms with van der Waals surface area (Å²) >= 11 is 6.00. The molecule has 1 aromatic carbocycles. The number of hydrogen-bond donors (Lipinski definition) is 2. The molecule has 1 saturated heterocycles. The molecular weight excluding hydrogens is 262 g/mol. The maximum absolute atomic E-state index is 12.3. The van der Waals surface area contributed by atoms with Gasteiger partial charge in [0.15, 0.2) is 0 Å². The van der Waals surface area contributed by atoms with Crippen LogP contribution in [0, 0.1) is 0 Å². The highest BCUT2D eigenvalue weighted by atomic mass is 35.5. The van der Waals surface area contributed by atoms with Crippen LogP contribution in [0.4, 0.5) is 5.69 Å². The van der Waals surface area contributed by atoms with Crippen LogP contribution in [0.5, 0.6) is 0 Å². The van der Waals surface area contributed by atoms with E-state index in [9.17, 15) is 4.79 Å². The summed E-state index contributed by atoms with van der Waals surface area (Å²) in [6.07, 6.45) is 2.04. The summed E-state index contributed by atoms with van der Waals surface area (Å²) in [5, 5.41) is 7.17. The van der Waals surface area contributed by atoms with Gasteiger partial charge in [0.1, 0.15) is 5.66 Å². The smallest absolute Gasteiger partial charge is 0.255 e. The van der Waals surface area contributed by atoms with Gasteiger partial charge in [0.05, 0.1) is 11.3 Å². The number of anilines is 1. The number of nitrogens with one attached hydrogen (secondary N) is 2. The number of nitrogens with zero attached hydrogens (tertiary/aromatic N) is 1. The topological polar surface area (TPSA) is 44.4 Å². The zero-order valence-electron chi connectivity index (χ0n) is 11.0. The number of carbonyl (C=O) groups excluding carboxylic acids is 1. The third-order valence-corrected chi connectivity index (χ3v) is 4.27. The predicted molar refractivity (Wildman–Crippen MR) is 76.8 cm³/mol. The molecule has 0 saturated carbocycles. The van der Waals surface area contributed by atoms with Crippen LogP contribution < -0.4 is 15.5 Å². The Morgan fingerprint density at radius 3 is 3.00 bits per heavy atom. The first-order valence-electron chi connectivity index (χ1n) is 6.77. The summed E-state index contributed by atoms with van der Waals surface area (Å²) in [5.41, 5.74) is 1.37. The second kappa shape index (κ2) is 4.69. The van der Waals surface area contributed by atoms with Gasteiger partial charge in [-0.1, -0.05) is 11.6 Å². The number of rotatable bonds is 1. The number of halogens is 1. The molecule has 0 bridgehead atoms. The molecule has 3 rings (SSSR count). The summed E-state index contributed by atoms with van der Waals surface area (Å²) in [6, 6.07) is 5.56. The van der Waals surface area contributed by atoms with Crippen molar-refractivity contribution in [1.82, 2.24) is 10.6 Å². The molecule has 1 unspecified atom stereocenters. The van der Waals surface area contributed by atoms with Crippen molar-refractivity contribution in [3.8, 4) is 0 Å². The van der Waals surface area contributed by atoms with Crippen molar-refractivity contribution in [3.05, 3.63) is 28.8 Å². The molecule has 1 atom stereocenters. The van der Waals surface area contributed by atoms with Gasteiger partial charge in [-0.15, -0.1) is 0 Å². The monoisotopic (exact) mass is 279 g/mol. The van der Waals surface area contributed by atoms with Gasteiger partial charge >= 0.3 is 0 Å². The predicted octanol–water partition coefficient (Wildman–Crippen LogP) is 1.99. The van der Waals surface area contributed by atoms with Crippen molar-refractivity contribution >= 4 is 23.2 Å². The first-order valence-corrected chi connectivity index (χ1v) is 7.14. The highest BCUT2D eigenvalue weighted by Gasteiger charge is 2.43. The van der Waals surface area contributed by atoms with Crippen LogP contribution in [0.1, 0.15) is 30.1 Å². The quantitative estimate of drug-likeness (QED) is 0.826. The van der Waals surface area contributed by atoms with Crippen LogP contribution in [0.25, 0.3) is 0 Å². The molecule has 1 amide bonds. The molecule has 5 heteroatoms. The fraction of sp³-hybridized carbons (Fsp3) is 0.500. The minimum Gasteiger partial charge on any atom is -0.347 e. The summed E-state index contributed by atoms with van der Waals surface area (Å²) in [6.45, 7) is 4.78. The molecular formula is C14H18ClN3O. The van der Waals surface area contributed by atoms with Crippen LogP contribution >= 0.6 is 11.6 Å². The Hall–Kier alpha value is -1.26. The molecule has 0 aliphatic carbocycles. The fourth-order valence-corrected chi connectivity index (χ4v) is 3.37. The third-order valence-electron chi connectivity index (χ3n) is 4.03. The second-order valence-electron chi connectivity index (χ2n) is 5.17. The molecule has 2 aliphatic heterocycles. The Morgan fingerprint density at radius 2 is 2.32 bits per heavy atom. The lowest BCUT2D eigenvalue weighted by Crippen LogP contribution is -2.70. The van der Waals surface area contributed by atoms with Gasteiger partial charge in [-0.25, -0.2) is 0 Å². The number of piperidine rings is 1. The van der Waals surface area contributed by atoms with Crippen molar-refractivity contribution in [2.75, 3.05) is 24.5 Å². The van der Waals surface area contributed by atoms with E-state index in [4.69, 9.17) is 11.6 Å². The average molecular weight is 280 g/mol. The van der Waals surface area contributed by atoms with Crippen LogP contribution in [-0.2, 0) is 0 Å². The Balaban J connectivity index is 2.08. The molecule has 2 N–H and O–H groups in total. The molecule has 2 heterocycles. The first kappa shape index (κ1) is 12.8. The van der Waals surface area contributed by atoms with Crippen LogP contribution in [0.3, 0.4) is 0 Å². The number of hydrogen-bond acceptors (Lipinski definition) is 3. The Labute approximate surface area is 118 Å². The van der Waals surface area contributed by atoms with Crippen molar-refractivity contribution in [2.24, 2.45) is 0 Å². The van der Waals surface area contributed by atoms with Gasteiger partial charge in [0, 0.05) is 18.1 Å². The third kappa shape index (κ3) is 1.99. The van der Waals surface area contributed by atoms with Crippen LogP contribution in [0.15, 0.2) is 18.2 Å². The SMILES string of the molecule is CCN1c2ccc(Cl)cc2C(=O)NC12CCCNC2. The van der Waals surface area contributed by atoms with E-state index in [1.54, 1.807) is 6.07 Å². The molecule has 1 spiro atoms. The summed E-state index contributed by atoms with van der Waals surface area (Å²) in [4.78, 5) is 14.6. The van der Waals surface area contributed by atoms with Gasteiger partial charge in [0.2, 0.25) is 0 Å². The van der Waals surface area contributed by atoms with E-state index in [1.165, 1.54) is 0 Å². The first-order chi connectivity index (χ1) is 9.16. The summed E-state index contributed by atoms with van der Waals surface area (Å²) in [7, 11) is 0. The van der Waals surface area contributed by atoms with Gasteiger partial charge in [-0.2, -0.15) is 0 Å². The highest BCUT2D eigenvalue weighted by Crippen LogP contribution is 2.35. The molecule has 0 radical (unpaired) electrons. The Morgan fingerprint density at radius 1 is 1.47 bits per heavy atom. The van der Waals surface area contributed by atoms with Gasteiger partial charge in [-0.3, -0.25) is 4.79 Å². The molecule has 1 aromatic rings. The Kier molecular flexibility index (Phi) is 3.15. The van der Waals surface area contributed by atoms with Gasteiger partial charge < -0.3 is 15.5 Å². The molecule has 0 aromatic heterocycles. The fourth-order valence-electron chi connectivity index (χ4n) is 3.20. The van der Waals surface area contributed by atoms with E-state index in [2.05, 4.69) is 22.5 Å². The van der Waals surface area contributed by atoms with E-state index >= 15 is 0 Å². The van der Waals surface area contributed by atoms with Crippen molar-refractivity contribution < 1.29 is 4.79 Å². The van der Waals surface area contributed by atoms with Crippen LogP contribution in [0.2, 0.25) is 5.02 Å². The minimum atomic E-state index is -0.287. The molecule has 19 heavy (non-hydrogen) atoms. The molecule has 4 nitrogen and oxygen atoms in total.